The Morgan fingerprint density at radius 2 is 1.75 bits per heavy atom. The van der Waals surface area contributed by atoms with Crippen LogP contribution in [0, 0.1) is 5.92 Å². The van der Waals surface area contributed by atoms with E-state index in [2.05, 4.69) is 60.9 Å². The van der Waals surface area contributed by atoms with Crippen molar-refractivity contribution in [2.24, 2.45) is 5.92 Å². The molecular formula is C26H28N8O2. The summed E-state index contributed by atoms with van der Waals surface area (Å²) in [6.45, 7) is 2.31. The van der Waals surface area contributed by atoms with Crippen LogP contribution in [0.2, 0.25) is 0 Å². The molecule has 1 fully saturated rings. The van der Waals surface area contributed by atoms with Gasteiger partial charge in [-0.15, -0.1) is 15.3 Å². The van der Waals surface area contributed by atoms with E-state index < -0.39 is 0 Å². The summed E-state index contributed by atoms with van der Waals surface area (Å²) in [5, 5.41) is 19.6. The molecule has 0 aliphatic carbocycles. The van der Waals surface area contributed by atoms with E-state index in [1.807, 2.05) is 6.07 Å². The number of carbonyl (C=O) groups excluding carboxylic acids is 1. The lowest BCUT2D eigenvalue weighted by Gasteiger charge is -2.32. The number of nitrogens with zero attached hydrogens (tertiary/aromatic N) is 7. The molecule has 1 aliphatic rings. The van der Waals surface area contributed by atoms with E-state index in [1.165, 1.54) is 16.3 Å². The summed E-state index contributed by atoms with van der Waals surface area (Å²) in [4.78, 5) is 26.9. The monoisotopic (exact) mass is 484 g/mol. The molecule has 184 valence electrons. The van der Waals surface area contributed by atoms with Crippen LogP contribution in [0.4, 0.5) is 5.82 Å². The minimum absolute atomic E-state index is 0.225. The van der Waals surface area contributed by atoms with Crippen LogP contribution < -0.4 is 15.8 Å². The second-order valence-corrected chi connectivity index (χ2v) is 8.86. The van der Waals surface area contributed by atoms with E-state index in [1.54, 1.807) is 35.3 Å². The highest BCUT2D eigenvalue weighted by atomic mass is 16.2. The van der Waals surface area contributed by atoms with E-state index in [4.69, 9.17) is 0 Å². The number of carbonyl (C=O) groups is 1. The third-order valence-electron chi connectivity index (χ3n) is 6.39. The molecule has 0 radical (unpaired) electrons. The Bertz CT molecular complexity index is 1330. The number of benzene rings is 1. The maximum absolute atomic E-state index is 12.5. The number of anilines is 1. The number of rotatable bonds is 8. The molecule has 1 N–H and O–H groups in total. The minimum Gasteiger partial charge on any atom is -0.355 e. The van der Waals surface area contributed by atoms with Crippen LogP contribution in [0.5, 0.6) is 0 Å². The van der Waals surface area contributed by atoms with Gasteiger partial charge in [-0.2, -0.15) is 5.10 Å². The molecule has 10 nitrogen and oxygen atoms in total. The molecule has 1 aromatic carbocycles. The number of aromatic nitrogens is 6. The van der Waals surface area contributed by atoms with Crippen molar-refractivity contribution in [1.82, 2.24) is 35.1 Å². The summed E-state index contributed by atoms with van der Waals surface area (Å²) < 4.78 is 2.87. The third kappa shape index (κ3) is 5.65. The molecule has 36 heavy (non-hydrogen) atoms. The average molecular weight is 485 g/mol. The lowest BCUT2D eigenvalue weighted by molar-refractivity contribution is 0.0945. The third-order valence-corrected chi connectivity index (χ3v) is 6.39. The lowest BCUT2D eigenvalue weighted by Crippen LogP contribution is -2.35. The van der Waals surface area contributed by atoms with Gasteiger partial charge in [0.05, 0.1) is 6.54 Å². The van der Waals surface area contributed by atoms with Crippen LogP contribution in [0.1, 0.15) is 28.9 Å². The SMILES string of the molecule is O=C(NCCn1nc(-n2cccn2)ccc1=O)c1ccc(N2CCC(Cc3ccccc3)CC2)nn1. The summed E-state index contributed by atoms with van der Waals surface area (Å²) in [6.07, 6.45) is 6.70. The highest BCUT2D eigenvalue weighted by Crippen LogP contribution is 2.24. The molecule has 1 aliphatic heterocycles. The largest absolute Gasteiger partial charge is 0.355 e. The van der Waals surface area contributed by atoms with Crippen molar-refractivity contribution in [1.29, 1.82) is 0 Å². The van der Waals surface area contributed by atoms with Gasteiger partial charge in [0.15, 0.2) is 17.3 Å². The second kappa shape index (κ2) is 10.9. The van der Waals surface area contributed by atoms with Crippen molar-refractivity contribution >= 4 is 11.7 Å². The standard InChI is InChI=1S/C26H28N8O2/c35-25-10-9-24(33-15-4-13-28-33)31-34(25)18-14-27-26(36)22-7-8-23(30-29-22)32-16-11-21(12-17-32)19-20-5-2-1-3-6-20/h1-10,13,15,21H,11-12,14,16-19H2,(H,27,36). The van der Waals surface area contributed by atoms with Gasteiger partial charge in [0.25, 0.3) is 11.5 Å². The molecule has 1 saturated heterocycles. The maximum atomic E-state index is 12.5. The molecule has 5 rings (SSSR count). The van der Waals surface area contributed by atoms with E-state index in [0.717, 1.165) is 38.2 Å². The fourth-order valence-corrected chi connectivity index (χ4v) is 4.42. The molecule has 0 spiro atoms. The lowest BCUT2D eigenvalue weighted by atomic mass is 9.90. The number of piperidine rings is 1. The van der Waals surface area contributed by atoms with Crippen molar-refractivity contribution < 1.29 is 4.79 Å². The highest BCUT2D eigenvalue weighted by molar-refractivity contribution is 5.92. The molecule has 4 aromatic rings. The maximum Gasteiger partial charge on any atom is 0.271 e. The van der Waals surface area contributed by atoms with Crippen LogP contribution in [-0.4, -0.2) is 55.3 Å². The number of hydrogen-bond acceptors (Lipinski definition) is 7. The molecule has 0 atom stereocenters. The zero-order valence-corrected chi connectivity index (χ0v) is 19.9. The van der Waals surface area contributed by atoms with Crippen LogP contribution in [0.25, 0.3) is 5.82 Å². The van der Waals surface area contributed by atoms with Crippen LogP contribution in [0.15, 0.2) is 77.9 Å². The normalized spacial score (nSPS) is 14.1. The Labute approximate surface area is 208 Å². The molecule has 4 heterocycles. The summed E-state index contributed by atoms with van der Waals surface area (Å²) in [5.41, 5.74) is 1.37. The van der Waals surface area contributed by atoms with Crippen molar-refractivity contribution in [2.45, 2.75) is 25.8 Å². The Hall–Kier alpha value is -4.34. The van der Waals surface area contributed by atoms with Gasteiger partial charge in [-0.1, -0.05) is 30.3 Å². The average Bonchev–Trinajstić information content (AvgIpc) is 3.46. The quantitative estimate of drug-likeness (QED) is 0.408. The Balaban J connectivity index is 1.11. The van der Waals surface area contributed by atoms with Gasteiger partial charge in [0.2, 0.25) is 0 Å². The predicted molar refractivity (Wildman–Crippen MR) is 135 cm³/mol. The fraction of sp³-hybridized carbons (Fsp3) is 0.308. The van der Waals surface area contributed by atoms with Crippen molar-refractivity contribution in [3.63, 3.8) is 0 Å². The zero-order chi connectivity index (χ0) is 24.7. The Morgan fingerprint density at radius 3 is 2.47 bits per heavy atom. The van der Waals surface area contributed by atoms with Gasteiger partial charge in [-0.25, -0.2) is 9.36 Å². The topological polar surface area (TPSA) is 111 Å². The summed E-state index contributed by atoms with van der Waals surface area (Å²) in [5.74, 6) is 1.64. The molecule has 0 unspecified atom stereocenters. The van der Waals surface area contributed by atoms with Gasteiger partial charge >= 0.3 is 0 Å². The molecule has 10 heteroatoms. The minimum atomic E-state index is -0.341. The van der Waals surface area contributed by atoms with Crippen LogP contribution in [0.3, 0.4) is 0 Å². The Morgan fingerprint density at radius 1 is 0.944 bits per heavy atom. The smallest absolute Gasteiger partial charge is 0.271 e. The first-order chi connectivity index (χ1) is 17.7. The van der Waals surface area contributed by atoms with Crippen molar-refractivity contribution in [3.05, 3.63) is 94.7 Å². The molecule has 0 bridgehead atoms. The van der Waals surface area contributed by atoms with E-state index in [9.17, 15) is 9.59 Å². The molecule has 0 saturated carbocycles. The van der Waals surface area contributed by atoms with Crippen LogP contribution >= 0.6 is 0 Å². The first-order valence-corrected chi connectivity index (χ1v) is 12.1. The number of amides is 1. The molecule has 1 amide bonds. The summed E-state index contributed by atoms with van der Waals surface area (Å²) >= 11 is 0. The van der Waals surface area contributed by atoms with E-state index in [-0.39, 0.29) is 30.2 Å². The highest BCUT2D eigenvalue weighted by Gasteiger charge is 2.21. The Kier molecular flexibility index (Phi) is 7.11. The first-order valence-electron chi connectivity index (χ1n) is 12.1. The van der Waals surface area contributed by atoms with Gasteiger partial charge in [-0.05, 0) is 55.0 Å². The summed E-state index contributed by atoms with van der Waals surface area (Å²) in [7, 11) is 0. The van der Waals surface area contributed by atoms with Gasteiger partial charge in [-0.3, -0.25) is 9.59 Å². The fourth-order valence-electron chi connectivity index (χ4n) is 4.42. The molecule has 3 aromatic heterocycles. The van der Waals surface area contributed by atoms with Gasteiger partial charge in [0.1, 0.15) is 0 Å². The van der Waals surface area contributed by atoms with Gasteiger partial charge in [0, 0.05) is 38.1 Å². The zero-order valence-electron chi connectivity index (χ0n) is 19.9. The van der Waals surface area contributed by atoms with Crippen molar-refractivity contribution in [3.8, 4) is 5.82 Å². The number of hydrogen-bond donors (Lipinski definition) is 1. The van der Waals surface area contributed by atoms with Crippen molar-refractivity contribution in [2.75, 3.05) is 24.5 Å². The number of nitrogens with one attached hydrogen (secondary N) is 1. The first kappa shape index (κ1) is 23.4. The predicted octanol–water partition coefficient (Wildman–Crippen LogP) is 2.11. The second-order valence-electron chi connectivity index (χ2n) is 8.86. The molecular weight excluding hydrogens is 456 g/mol. The summed E-state index contributed by atoms with van der Waals surface area (Å²) in [6, 6.07) is 19.0. The van der Waals surface area contributed by atoms with E-state index >= 15 is 0 Å². The van der Waals surface area contributed by atoms with Crippen LogP contribution in [-0.2, 0) is 13.0 Å². The van der Waals surface area contributed by atoms with E-state index in [0.29, 0.717) is 11.7 Å². The van der Waals surface area contributed by atoms with Gasteiger partial charge < -0.3 is 10.2 Å².